The third-order valence-electron chi connectivity index (χ3n) is 5.19. The van der Waals surface area contributed by atoms with Gasteiger partial charge in [-0.15, -0.1) is 9.89 Å². The van der Waals surface area contributed by atoms with Crippen LogP contribution in [0.4, 0.5) is 0 Å². The van der Waals surface area contributed by atoms with Crippen molar-refractivity contribution in [1.82, 2.24) is 25.3 Å². The molecule has 2 aromatic carbocycles. The van der Waals surface area contributed by atoms with Crippen molar-refractivity contribution in [3.63, 3.8) is 0 Å². The van der Waals surface area contributed by atoms with Gasteiger partial charge in [0.25, 0.3) is 0 Å². The van der Waals surface area contributed by atoms with Gasteiger partial charge in [0.1, 0.15) is 12.4 Å². The minimum Gasteiger partial charge on any atom is -0.487 e. The normalized spacial score (nSPS) is 12.5. The molecule has 0 bridgehead atoms. The molecule has 7 heteroatoms. The van der Waals surface area contributed by atoms with Crippen LogP contribution in [0.15, 0.2) is 72.9 Å². The number of pyridine rings is 1. The van der Waals surface area contributed by atoms with Crippen molar-refractivity contribution >= 4 is 0 Å². The Morgan fingerprint density at radius 2 is 1.61 bits per heavy atom. The van der Waals surface area contributed by atoms with Crippen LogP contribution in [0.3, 0.4) is 0 Å². The molecule has 31 heavy (non-hydrogen) atoms. The largest absolute Gasteiger partial charge is 0.487 e. The number of nitrogens with zero attached hydrogens (tertiary/aromatic N) is 5. The zero-order valence-electron chi connectivity index (χ0n) is 17.9. The highest BCUT2D eigenvalue weighted by molar-refractivity contribution is 5.56. The average Bonchev–Trinajstić information content (AvgIpc) is 3.19. The fourth-order valence-corrected chi connectivity index (χ4v) is 3.80. The highest BCUT2D eigenvalue weighted by Gasteiger charge is 2.28. The van der Waals surface area contributed by atoms with Gasteiger partial charge in [-0.25, -0.2) is 0 Å². The lowest BCUT2D eigenvalue weighted by molar-refractivity contribution is 0.301. The highest BCUT2D eigenvalue weighted by atomic mass is 16.5. The molecule has 0 aliphatic rings. The van der Waals surface area contributed by atoms with Gasteiger partial charge in [-0.05, 0) is 51.2 Å². The fourth-order valence-electron chi connectivity index (χ4n) is 3.80. The molecule has 0 amide bonds. The zero-order chi connectivity index (χ0) is 21.8. The molecule has 0 aliphatic heterocycles. The number of rotatable bonds is 6. The first kappa shape index (κ1) is 20.5. The Morgan fingerprint density at radius 3 is 2.16 bits per heavy atom. The lowest BCUT2D eigenvalue weighted by Crippen LogP contribution is -2.19. The minimum absolute atomic E-state index is 0.0211. The summed E-state index contributed by atoms with van der Waals surface area (Å²) in [7, 11) is 0. The molecule has 2 heterocycles. The van der Waals surface area contributed by atoms with Crippen molar-refractivity contribution in [2.24, 2.45) is 5.41 Å². The maximum Gasteiger partial charge on any atom is 0.204 e. The summed E-state index contributed by atoms with van der Waals surface area (Å²) in [5.41, 5.74) is 4.25. The molecule has 0 fully saturated rings. The van der Waals surface area contributed by atoms with Crippen LogP contribution in [0.2, 0.25) is 0 Å². The third-order valence-corrected chi connectivity index (χ3v) is 5.19. The van der Waals surface area contributed by atoms with Gasteiger partial charge in [0, 0.05) is 17.7 Å². The zero-order valence-corrected chi connectivity index (χ0v) is 17.9. The number of tetrazole rings is 1. The van der Waals surface area contributed by atoms with Gasteiger partial charge in [-0.2, -0.15) is 0 Å². The molecule has 4 rings (SSSR count). The van der Waals surface area contributed by atoms with Crippen LogP contribution >= 0.6 is 0 Å². The molecular formula is C24H26N6O. The highest BCUT2D eigenvalue weighted by Crippen LogP contribution is 2.41. The fraction of sp³-hybridized carbons (Fsp3) is 0.250. The van der Waals surface area contributed by atoms with E-state index in [1.807, 2.05) is 42.5 Å². The number of ether oxygens (including phenoxy) is 1. The number of nitrogens with two attached hydrogens (primary N) is 1. The van der Waals surface area contributed by atoms with Crippen LogP contribution in [0.5, 0.6) is 5.75 Å². The Labute approximate surface area is 181 Å². The maximum atomic E-state index is 5.89. The van der Waals surface area contributed by atoms with Crippen molar-refractivity contribution in [2.45, 2.75) is 33.3 Å². The van der Waals surface area contributed by atoms with E-state index in [0.717, 1.165) is 17.0 Å². The number of hydrogen-bond donors (Lipinski definition) is 1. The lowest BCUT2D eigenvalue weighted by Gasteiger charge is -2.32. The van der Waals surface area contributed by atoms with Crippen molar-refractivity contribution < 1.29 is 4.74 Å². The van der Waals surface area contributed by atoms with Gasteiger partial charge in [0.2, 0.25) is 5.82 Å². The molecule has 2 aromatic heterocycles. The van der Waals surface area contributed by atoms with E-state index < -0.39 is 0 Å². The molecule has 1 unspecified atom stereocenters. The van der Waals surface area contributed by atoms with E-state index in [9.17, 15) is 0 Å². The van der Waals surface area contributed by atoms with E-state index in [2.05, 4.69) is 65.5 Å². The molecule has 0 spiro atoms. The molecule has 158 valence electrons. The number of hydrogen-bond acceptors (Lipinski definition) is 6. The summed E-state index contributed by atoms with van der Waals surface area (Å²) in [5, 5.41) is 11.3. The lowest BCUT2D eigenvalue weighted by atomic mass is 9.72. The maximum absolute atomic E-state index is 5.89. The van der Waals surface area contributed by atoms with Crippen LogP contribution in [-0.2, 0) is 6.61 Å². The van der Waals surface area contributed by atoms with Gasteiger partial charge >= 0.3 is 0 Å². The second kappa shape index (κ2) is 8.55. The van der Waals surface area contributed by atoms with Gasteiger partial charge < -0.3 is 10.6 Å². The molecule has 7 nitrogen and oxygen atoms in total. The Morgan fingerprint density at radius 1 is 0.935 bits per heavy atom. The number of aromatic nitrogens is 5. The second-order valence-corrected chi connectivity index (χ2v) is 8.55. The molecule has 0 aliphatic carbocycles. The van der Waals surface area contributed by atoms with E-state index in [0.29, 0.717) is 12.4 Å². The van der Waals surface area contributed by atoms with Crippen LogP contribution in [0.25, 0.3) is 11.4 Å². The Kier molecular flexibility index (Phi) is 5.66. The molecule has 4 aromatic rings. The summed E-state index contributed by atoms with van der Waals surface area (Å²) in [6, 6.07) is 22.4. The summed E-state index contributed by atoms with van der Waals surface area (Å²) >= 11 is 0. The molecule has 0 saturated carbocycles. The minimum atomic E-state index is 0.0211. The van der Waals surface area contributed by atoms with Crippen molar-refractivity contribution in [1.29, 1.82) is 0 Å². The molecule has 0 radical (unpaired) electrons. The first-order valence-corrected chi connectivity index (χ1v) is 10.2. The molecule has 0 saturated heterocycles. The van der Waals surface area contributed by atoms with Gasteiger partial charge in [0.15, 0.2) is 0 Å². The van der Waals surface area contributed by atoms with Crippen LogP contribution < -0.4 is 10.6 Å². The van der Waals surface area contributed by atoms with E-state index >= 15 is 0 Å². The standard InChI is InChI=1S/C24H26N6O/c1-24(2,3)22(17-7-9-19(10-8-17)23-27-28-29-30(23)25)18-11-13-21(14-12-18)31-16-20-6-4-5-15-26-20/h4-15,22H,16,25H2,1-3H3. The average molecular weight is 415 g/mol. The molecule has 2 N–H and O–H groups in total. The summed E-state index contributed by atoms with van der Waals surface area (Å²) in [6.45, 7) is 7.19. The van der Waals surface area contributed by atoms with E-state index in [1.54, 1.807) is 6.20 Å². The molecule has 1 atom stereocenters. The van der Waals surface area contributed by atoms with Crippen molar-refractivity contribution in [2.75, 3.05) is 5.84 Å². The topological polar surface area (TPSA) is 91.7 Å². The quantitative estimate of drug-likeness (QED) is 0.475. The number of nitrogen functional groups attached to an aromatic ring is 1. The Hall–Kier alpha value is -3.74. The summed E-state index contributed by atoms with van der Waals surface area (Å²) < 4.78 is 5.89. The van der Waals surface area contributed by atoms with Crippen molar-refractivity contribution in [3.05, 3.63) is 89.7 Å². The van der Waals surface area contributed by atoms with Crippen LogP contribution in [0, 0.1) is 5.41 Å². The van der Waals surface area contributed by atoms with Crippen molar-refractivity contribution in [3.8, 4) is 17.1 Å². The monoisotopic (exact) mass is 414 g/mol. The third kappa shape index (κ3) is 4.71. The van der Waals surface area contributed by atoms with E-state index in [4.69, 9.17) is 10.6 Å². The van der Waals surface area contributed by atoms with E-state index in [1.165, 1.54) is 15.9 Å². The first-order valence-electron chi connectivity index (χ1n) is 10.2. The Balaban J connectivity index is 1.55. The summed E-state index contributed by atoms with van der Waals surface area (Å²) in [6.07, 6.45) is 1.77. The summed E-state index contributed by atoms with van der Waals surface area (Å²) in [4.78, 5) is 5.48. The number of benzene rings is 2. The predicted octanol–water partition coefficient (Wildman–Crippen LogP) is 4.21. The molecular weight excluding hydrogens is 388 g/mol. The van der Waals surface area contributed by atoms with Crippen LogP contribution in [-0.4, -0.2) is 25.3 Å². The first-order chi connectivity index (χ1) is 14.9. The van der Waals surface area contributed by atoms with E-state index in [-0.39, 0.29) is 11.3 Å². The van der Waals surface area contributed by atoms with Gasteiger partial charge in [-0.3, -0.25) is 4.98 Å². The smallest absolute Gasteiger partial charge is 0.204 e. The van der Waals surface area contributed by atoms with Gasteiger partial charge in [0.05, 0.1) is 5.69 Å². The Bertz CT molecular complexity index is 1120. The predicted molar refractivity (Wildman–Crippen MR) is 120 cm³/mol. The van der Waals surface area contributed by atoms with Crippen LogP contribution in [0.1, 0.15) is 43.5 Å². The SMILES string of the molecule is CC(C)(C)C(c1ccc(OCc2ccccn2)cc1)c1ccc(-c2nnnn2N)cc1. The van der Waals surface area contributed by atoms with Gasteiger partial charge in [-0.1, -0.05) is 63.2 Å². The second-order valence-electron chi connectivity index (χ2n) is 8.55. The summed E-state index contributed by atoms with van der Waals surface area (Å²) in [5.74, 6) is 7.34.